The molecule has 0 radical (unpaired) electrons. The molecule has 10 heteroatoms. The first-order valence-corrected chi connectivity index (χ1v) is 9.31. The normalized spacial score (nSPS) is 14.1. The Labute approximate surface area is 155 Å². The third kappa shape index (κ3) is 4.01. The van der Waals surface area contributed by atoms with Gasteiger partial charge in [0.15, 0.2) is 0 Å². The van der Waals surface area contributed by atoms with Crippen LogP contribution in [0.25, 0.3) is 0 Å². The summed E-state index contributed by atoms with van der Waals surface area (Å²) in [6, 6.07) is 0. The minimum absolute atomic E-state index is 0.0763. The van der Waals surface area contributed by atoms with Crippen LogP contribution in [0, 0.1) is 13.8 Å². The topological polar surface area (TPSA) is 104 Å². The largest absolute Gasteiger partial charge is 0.361 e. The number of rotatable bonds is 7. The fraction of sp³-hybridized carbons (Fsp3) is 0.562. The number of nitrogens with zero attached hydrogens (tertiary/aromatic N) is 5. The summed E-state index contributed by atoms with van der Waals surface area (Å²) in [4.78, 5) is 27.3. The Morgan fingerprint density at radius 1 is 1.38 bits per heavy atom. The maximum atomic E-state index is 12.1. The Hall–Kier alpha value is -2.49. The summed E-state index contributed by atoms with van der Waals surface area (Å²) in [7, 11) is 1.78. The highest BCUT2D eigenvalue weighted by Crippen LogP contribution is 2.29. The van der Waals surface area contributed by atoms with Crippen LogP contribution < -0.4 is 15.1 Å². The molecule has 0 atom stereocenters. The Morgan fingerprint density at radius 2 is 2.19 bits per heavy atom. The van der Waals surface area contributed by atoms with Crippen molar-refractivity contribution in [2.45, 2.75) is 33.1 Å². The number of hydrogen-bond donors (Lipinski definition) is 1. The SMILES string of the molecule is Cc1noc(C)c1CCNC(=O)CN(C)c1nnc(N2CCCC2=O)s1. The standard InChI is InChI=1S/C16H22N6O3S/c1-10-12(11(2)25-20-10)6-7-17-13(23)9-21(3)15-18-19-16(26-15)22-8-4-5-14(22)24/h4-9H2,1-3H3,(H,17,23). The lowest BCUT2D eigenvalue weighted by atomic mass is 10.1. The molecule has 0 saturated carbocycles. The van der Waals surface area contributed by atoms with Crippen LogP contribution in [-0.4, -0.2) is 53.9 Å². The Bertz CT molecular complexity index is 782. The van der Waals surface area contributed by atoms with Gasteiger partial charge in [-0.1, -0.05) is 16.5 Å². The molecule has 1 fully saturated rings. The van der Waals surface area contributed by atoms with Crippen LogP contribution >= 0.6 is 11.3 Å². The second-order valence-corrected chi connectivity index (χ2v) is 7.21. The fourth-order valence-electron chi connectivity index (χ4n) is 2.85. The molecule has 2 aromatic rings. The predicted octanol–water partition coefficient (Wildman–Crippen LogP) is 1.06. The molecule has 1 aliphatic heterocycles. The lowest BCUT2D eigenvalue weighted by Crippen LogP contribution is -2.36. The summed E-state index contributed by atoms with van der Waals surface area (Å²) in [6.45, 7) is 5.12. The number of carbonyl (C=O) groups is 2. The van der Waals surface area contributed by atoms with E-state index in [0.717, 1.165) is 23.4 Å². The van der Waals surface area contributed by atoms with Crippen molar-refractivity contribution in [2.75, 3.05) is 36.5 Å². The molecule has 9 nitrogen and oxygen atoms in total. The number of anilines is 2. The molecule has 3 rings (SSSR count). The third-order valence-electron chi connectivity index (χ3n) is 4.29. The van der Waals surface area contributed by atoms with Crippen molar-refractivity contribution in [3.05, 3.63) is 17.0 Å². The summed E-state index contributed by atoms with van der Waals surface area (Å²) in [6.07, 6.45) is 2.08. The maximum Gasteiger partial charge on any atom is 0.239 e. The molecule has 1 N–H and O–H groups in total. The van der Waals surface area contributed by atoms with Crippen LogP contribution in [0.2, 0.25) is 0 Å². The quantitative estimate of drug-likeness (QED) is 0.768. The van der Waals surface area contributed by atoms with E-state index in [1.165, 1.54) is 11.3 Å². The van der Waals surface area contributed by atoms with Crippen molar-refractivity contribution in [1.29, 1.82) is 0 Å². The predicted molar refractivity (Wildman–Crippen MR) is 97.5 cm³/mol. The number of aromatic nitrogens is 3. The number of hydrogen-bond acceptors (Lipinski definition) is 8. The van der Waals surface area contributed by atoms with Gasteiger partial charge in [-0.3, -0.25) is 14.5 Å². The van der Waals surface area contributed by atoms with Crippen molar-refractivity contribution in [2.24, 2.45) is 0 Å². The van der Waals surface area contributed by atoms with Crippen LogP contribution in [0.4, 0.5) is 10.3 Å². The first-order valence-electron chi connectivity index (χ1n) is 8.49. The van der Waals surface area contributed by atoms with Gasteiger partial charge in [-0.05, 0) is 26.7 Å². The van der Waals surface area contributed by atoms with Gasteiger partial charge in [-0.2, -0.15) is 0 Å². The molecule has 0 aromatic carbocycles. The minimum Gasteiger partial charge on any atom is -0.361 e. The second kappa shape index (κ2) is 7.81. The van der Waals surface area contributed by atoms with Crippen molar-refractivity contribution < 1.29 is 14.1 Å². The van der Waals surface area contributed by atoms with Crippen LogP contribution in [0.15, 0.2) is 4.52 Å². The van der Waals surface area contributed by atoms with Crippen molar-refractivity contribution >= 4 is 33.4 Å². The zero-order chi connectivity index (χ0) is 18.7. The van der Waals surface area contributed by atoms with E-state index in [0.29, 0.717) is 36.2 Å². The van der Waals surface area contributed by atoms with Crippen LogP contribution in [-0.2, 0) is 16.0 Å². The first kappa shape index (κ1) is 18.3. The summed E-state index contributed by atoms with van der Waals surface area (Å²) >= 11 is 1.32. The first-order chi connectivity index (χ1) is 12.5. The van der Waals surface area contributed by atoms with E-state index < -0.39 is 0 Å². The van der Waals surface area contributed by atoms with Crippen LogP contribution in [0.1, 0.15) is 29.9 Å². The van der Waals surface area contributed by atoms with Gasteiger partial charge in [0.05, 0.1) is 12.2 Å². The minimum atomic E-state index is -0.103. The van der Waals surface area contributed by atoms with E-state index in [4.69, 9.17) is 4.52 Å². The zero-order valence-corrected chi connectivity index (χ0v) is 15.9. The molecule has 0 unspecified atom stereocenters. The average molecular weight is 378 g/mol. The van der Waals surface area contributed by atoms with Gasteiger partial charge in [0.25, 0.3) is 0 Å². The Kier molecular flexibility index (Phi) is 5.50. The molecule has 3 heterocycles. The van der Waals surface area contributed by atoms with Gasteiger partial charge in [0.2, 0.25) is 22.1 Å². The molecule has 26 heavy (non-hydrogen) atoms. The summed E-state index contributed by atoms with van der Waals surface area (Å²) < 4.78 is 5.11. The summed E-state index contributed by atoms with van der Waals surface area (Å²) in [5.74, 6) is 0.757. The molecule has 1 saturated heterocycles. The monoisotopic (exact) mass is 378 g/mol. The number of amides is 2. The van der Waals surface area contributed by atoms with Crippen molar-refractivity contribution in [3.8, 4) is 0 Å². The van der Waals surface area contributed by atoms with E-state index in [9.17, 15) is 9.59 Å². The van der Waals surface area contributed by atoms with Crippen LogP contribution in [0.5, 0.6) is 0 Å². The lowest BCUT2D eigenvalue weighted by Gasteiger charge is -2.15. The summed E-state index contributed by atoms with van der Waals surface area (Å²) in [5, 5.41) is 16.2. The zero-order valence-electron chi connectivity index (χ0n) is 15.1. The van der Waals surface area contributed by atoms with E-state index in [1.54, 1.807) is 16.8 Å². The number of carbonyl (C=O) groups excluding carboxylic acids is 2. The molecule has 2 amide bonds. The van der Waals surface area contributed by atoms with Crippen molar-refractivity contribution in [3.63, 3.8) is 0 Å². The lowest BCUT2D eigenvalue weighted by molar-refractivity contribution is -0.119. The highest BCUT2D eigenvalue weighted by Gasteiger charge is 2.25. The highest BCUT2D eigenvalue weighted by molar-refractivity contribution is 7.19. The molecule has 1 aliphatic rings. The fourth-order valence-corrected chi connectivity index (χ4v) is 3.70. The number of aryl methyl sites for hydroxylation is 2. The van der Waals surface area contributed by atoms with E-state index >= 15 is 0 Å². The second-order valence-electron chi connectivity index (χ2n) is 6.27. The highest BCUT2D eigenvalue weighted by atomic mass is 32.1. The smallest absolute Gasteiger partial charge is 0.239 e. The van der Waals surface area contributed by atoms with Gasteiger partial charge in [-0.15, -0.1) is 10.2 Å². The average Bonchev–Trinajstić information content (AvgIpc) is 3.30. The van der Waals surface area contributed by atoms with Gasteiger partial charge >= 0.3 is 0 Å². The van der Waals surface area contributed by atoms with Crippen LogP contribution in [0.3, 0.4) is 0 Å². The molecular weight excluding hydrogens is 356 g/mol. The molecule has 0 bridgehead atoms. The van der Waals surface area contributed by atoms with Gasteiger partial charge in [-0.25, -0.2) is 0 Å². The third-order valence-corrected chi connectivity index (χ3v) is 5.35. The summed E-state index contributed by atoms with van der Waals surface area (Å²) in [5.41, 5.74) is 1.88. The molecular formula is C16H22N6O3S. The number of likely N-dealkylation sites (N-methyl/N-ethyl adjacent to an activating group) is 1. The van der Waals surface area contributed by atoms with Crippen molar-refractivity contribution in [1.82, 2.24) is 20.7 Å². The Morgan fingerprint density at radius 3 is 2.85 bits per heavy atom. The van der Waals surface area contributed by atoms with Gasteiger partial charge in [0, 0.05) is 32.1 Å². The van der Waals surface area contributed by atoms with Gasteiger partial charge in [0.1, 0.15) is 5.76 Å². The number of nitrogens with one attached hydrogen (secondary N) is 1. The Balaban J connectivity index is 1.48. The van der Waals surface area contributed by atoms with E-state index in [2.05, 4.69) is 20.7 Å². The van der Waals surface area contributed by atoms with E-state index in [-0.39, 0.29) is 18.4 Å². The van der Waals surface area contributed by atoms with Gasteiger partial charge < -0.3 is 14.7 Å². The molecule has 2 aromatic heterocycles. The maximum absolute atomic E-state index is 12.1. The molecule has 140 valence electrons. The molecule has 0 spiro atoms. The molecule has 0 aliphatic carbocycles. The van der Waals surface area contributed by atoms with E-state index in [1.807, 2.05) is 13.8 Å².